The highest BCUT2D eigenvalue weighted by Crippen LogP contribution is 2.24. The van der Waals surface area contributed by atoms with E-state index in [1.54, 1.807) is 18.2 Å². The van der Waals surface area contributed by atoms with Gasteiger partial charge in [0.05, 0.1) is 18.1 Å². The van der Waals surface area contributed by atoms with Crippen LogP contribution >= 0.6 is 11.6 Å². The van der Waals surface area contributed by atoms with Crippen LogP contribution < -0.4 is 4.74 Å². The lowest BCUT2D eigenvalue weighted by Gasteiger charge is -2.19. The van der Waals surface area contributed by atoms with E-state index in [0.29, 0.717) is 21.7 Å². The van der Waals surface area contributed by atoms with Gasteiger partial charge in [-0.25, -0.2) is 4.98 Å². The summed E-state index contributed by atoms with van der Waals surface area (Å²) in [7, 11) is 2.56. The van der Waals surface area contributed by atoms with Gasteiger partial charge in [0, 0.05) is 13.1 Å². The normalized spacial score (nSPS) is 11.7. The average Bonchev–Trinajstić information content (AvgIpc) is 2.72. The summed E-state index contributed by atoms with van der Waals surface area (Å²) in [5.74, 6) is -0.192. The molecule has 2 aromatic rings. The third-order valence-electron chi connectivity index (χ3n) is 3.04. The summed E-state index contributed by atoms with van der Waals surface area (Å²) in [5.41, 5.74) is 1.04. The van der Waals surface area contributed by atoms with E-state index in [9.17, 15) is 18.0 Å². The summed E-state index contributed by atoms with van der Waals surface area (Å²) < 4.78 is 43.4. The van der Waals surface area contributed by atoms with Gasteiger partial charge in [-0.3, -0.25) is 4.79 Å². The van der Waals surface area contributed by atoms with E-state index in [0.717, 1.165) is 7.05 Å². The molecule has 1 amide bonds. The van der Waals surface area contributed by atoms with E-state index in [1.165, 1.54) is 11.7 Å². The summed E-state index contributed by atoms with van der Waals surface area (Å²) in [6.45, 7) is -1.66. The standard InChI is InChI=1S/C13H13ClF3N3O2/c1-19(7-13(15,16)17)11(21)6-20-10-5-8(22-2)3-4-9(10)18-12(20)14/h3-5H,6-7H2,1-2H3. The number of nitrogens with zero attached hydrogens (tertiary/aromatic N) is 3. The van der Waals surface area contributed by atoms with Gasteiger partial charge in [0.15, 0.2) is 0 Å². The van der Waals surface area contributed by atoms with E-state index in [1.807, 2.05) is 0 Å². The summed E-state index contributed by atoms with van der Waals surface area (Å²) in [4.78, 5) is 16.6. The number of halogens is 4. The molecule has 0 radical (unpaired) electrons. The number of benzene rings is 1. The average molecular weight is 336 g/mol. The molecule has 22 heavy (non-hydrogen) atoms. The number of carbonyl (C=O) groups excluding carboxylic acids is 1. The van der Waals surface area contributed by atoms with Crippen LogP contribution in [-0.4, -0.2) is 47.2 Å². The Hall–Kier alpha value is -1.96. The molecular weight excluding hydrogens is 323 g/mol. The van der Waals surface area contributed by atoms with Crippen LogP contribution in [0.4, 0.5) is 13.2 Å². The van der Waals surface area contributed by atoms with Crippen LogP contribution in [0.25, 0.3) is 11.0 Å². The molecule has 2 rings (SSSR count). The van der Waals surface area contributed by atoms with Crippen molar-refractivity contribution in [2.45, 2.75) is 12.7 Å². The number of fused-ring (bicyclic) bond motifs is 1. The van der Waals surface area contributed by atoms with Gasteiger partial charge in [-0.05, 0) is 23.7 Å². The predicted octanol–water partition coefficient (Wildman–Crippen LogP) is 2.72. The van der Waals surface area contributed by atoms with Crippen molar-refractivity contribution in [2.24, 2.45) is 0 Å². The lowest BCUT2D eigenvalue weighted by atomic mass is 10.3. The third kappa shape index (κ3) is 3.62. The Balaban J connectivity index is 2.27. The fraction of sp³-hybridized carbons (Fsp3) is 0.385. The number of carbonyl (C=O) groups is 1. The number of ether oxygens (including phenoxy) is 1. The first-order valence-electron chi connectivity index (χ1n) is 6.22. The van der Waals surface area contributed by atoms with Crippen LogP contribution in [0.5, 0.6) is 5.75 Å². The van der Waals surface area contributed by atoms with Crippen molar-refractivity contribution in [1.29, 1.82) is 0 Å². The van der Waals surface area contributed by atoms with Crippen molar-refractivity contribution in [3.05, 3.63) is 23.5 Å². The molecule has 0 aliphatic heterocycles. The quantitative estimate of drug-likeness (QED) is 0.863. The van der Waals surface area contributed by atoms with Crippen molar-refractivity contribution in [2.75, 3.05) is 20.7 Å². The van der Waals surface area contributed by atoms with E-state index < -0.39 is 18.6 Å². The molecule has 0 aliphatic carbocycles. The minimum atomic E-state index is -4.45. The zero-order valence-corrected chi connectivity index (χ0v) is 12.6. The Morgan fingerprint density at radius 2 is 2.14 bits per heavy atom. The maximum Gasteiger partial charge on any atom is 0.406 e. The first-order chi connectivity index (χ1) is 10.2. The molecule has 0 spiro atoms. The number of amides is 1. The van der Waals surface area contributed by atoms with E-state index in [2.05, 4.69) is 4.98 Å². The third-order valence-corrected chi connectivity index (χ3v) is 3.33. The predicted molar refractivity (Wildman–Crippen MR) is 75.0 cm³/mol. The number of rotatable bonds is 4. The van der Waals surface area contributed by atoms with Gasteiger partial charge in [-0.15, -0.1) is 0 Å². The van der Waals surface area contributed by atoms with Crippen LogP contribution in [0.1, 0.15) is 0 Å². The molecule has 1 aromatic carbocycles. The Morgan fingerprint density at radius 1 is 1.45 bits per heavy atom. The highest BCUT2D eigenvalue weighted by atomic mass is 35.5. The number of hydrogen-bond donors (Lipinski definition) is 0. The minimum absolute atomic E-state index is 0.0250. The molecule has 0 N–H and O–H groups in total. The van der Waals surface area contributed by atoms with Gasteiger partial charge < -0.3 is 14.2 Å². The maximum absolute atomic E-state index is 12.3. The van der Waals surface area contributed by atoms with Crippen LogP contribution in [0.2, 0.25) is 5.28 Å². The van der Waals surface area contributed by atoms with Crippen LogP contribution in [0.15, 0.2) is 18.2 Å². The Labute approximate surface area is 129 Å². The summed E-state index contributed by atoms with van der Waals surface area (Å²) in [6, 6.07) is 4.94. The van der Waals surface area contributed by atoms with Crippen LogP contribution in [0.3, 0.4) is 0 Å². The first-order valence-corrected chi connectivity index (χ1v) is 6.59. The number of likely N-dealkylation sites (N-methyl/N-ethyl adjacent to an activating group) is 1. The minimum Gasteiger partial charge on any atom is -0.497 e. The highest BCUT2D eigenvalue weighted by Gasteiger charge is 2.31. The Morgan fingerprint density at radius 3 is 2.73 bits per heavy atom. The molecule has 0 fully saturated rings. The van der Waals surface area contributed by atoms with Gasteiger partial charge in [0.25, 0.3) is 0 Å². The zero-order valence-electron chi connectivity index (χ0n) is 11.8. The smallest absolute Gasteiger partial charge is 0.406 e. The Bertz CT molecular complexity index is 700. The molecular formula is C13H13ClF3N3O2. The zero-order chi connectivity index (χ0) is 16.5. The Kier molecular flexibility index (Phi) is 4.50. The van der Waals surface area contributed by atoms with E-state index in [-0.39, 0.29) is 11.8 Å². The van der Waals surface area contributed by atoms with E-state index in [4.69, 9.17) is 16.3 Å². The first kappa shape index (κ1) is 16.4. The number of alkyl halides is 3. The van der Waals surface area contributed by atoms with Gasteiger partial charge in [0.1, 0.15) is 18.8 Å². The lowest BCUT2D eigenvalue weighted by molar-refractivity contribution is -0.158. The SMILES string of the molecule is COc1ccc2nc(Cl)n(CC(=O)N(C)CC(F)(F)F)c2c1. The molecule has 120 valence electrons. The highest BCUT2D eigenvalue weighted by molar-refractivity contribution is 6.29. The topological polar surface area (TPSA) is 47.4 Å². The molecule has 9 heteroatoms. The van der Waals surface area contributed by atoms with Gasteiger partial charge in [0.2, 0.25) is 11.2 Å². The van der Waals surface area contributed by atoms with Crippen molar-refractivity contribution in [1.82, 2.24) is 14.5 Å². The number of imidazole rings is 1. The number of hydrogen-bond acceptors (Lipinski definition) is 3. The summed E-state index contributed by atoms with van der Waals surface area (Å²) in [5, 5.41) is 0.0250. The van der Waals surface area contributed by atoms with Crippen molar-refractivity contribution >= 4 is 28.5 Å². The molecule has 0 bridgehead atoms. The van der Waals surface area contributed by atoms with Gasteiger partial charge in [-0.2, -0.15) is 13.2 Å². The molecule has 0 aliphatic rings. The fourth-order valence-electron chi connectivity index (χ4n) is 1.96. The molecule has 1 aromatic heterocycles. The van der Waals surface area contributed by atoms with Crippen LogP contribution in [0, 0.1) is 0 Å². The van der Waals surface area contributed by atoms with Crippen molar-refractivity contribution in [3.63, 3.8) is 0 Å². The second kappa shape index (κ2) is 6.04. The monoisotopic (exact) mass is 335 g/mol. The maximum atomic E-state index is 12.3. The number of methoxy groups -OCH3 is 1. The second-order valence-corrected chi connectivity index (χ2v) is 5.02. The molecule has 1 heterocycles. The van der Waals surface area contributed by atoms with Crippen molar-refractivity contribution in [3.8, 4) is 5.75 Å². The lowest BCUT2D eigenvalue weighted by Crippen LogP contribution is -2.37. The summed E-state index contributed by atoms with van der Waals surface area (Å²) >= 11 is 5.96. The van der Waals surface area contributed by atoms with Crippen molar-refractivity contribution < 1.29 is 22.7 Å². The molecule has 0 saturated heterocycles. The molecule has 0 saturated carbocycles. The molecule has 0 unspecified atom stereocenters. The molecule has 0 atom stereocenters. The number of aromatic nitrogens is 2. The summed E-state index contributed by atoms with van der Waals surface area (Å²) in [6.07, 6.45) is -4.45. The fourth-order valence-corrected chi connectivity index (χ4v) is 2.21. The second-order valence-electron chi connectivity index (χ2n) is 4.69. The van der Waals surface area contributed by atoms with E-state index >= 15 is 0 Å². The molecule has 5 nitrogen and oxygen atoms in total. The van der Waals surface area contributed by atoms with Gasteiger partial charge >= 0.3 is 6.18 Å². The largest absolute Gasteiger partial charge is 0.497 e. The van der Waals surface area contributed by atoms with Crippen LogP contribution in [-0.2, 0) is 11.3 Å². The van der Waals surface area contributed by atoms with Gasteiger partial charge in [-0.1, -0.05) is 0 Å².